The van der Waals surface area contributed by atoms with Gasteiger partial charge in [0, 0.05) is 0 Å². The normalized spacial score (nSPS) is 11.0. The summed E-state index contributed by atoms with van der Waals surface area (Å²) in [5, 5.41) is 22.5. The Hall–Kier alpha value is -2.40. The van der Waals surface area contributed by atoms with E-state index in [-0.39, 0.29) is 0 Å². The molecule has 2 rings (SSSR count). The largest absolute Gasteiger partial charge is 0.271 e. The summed E-state index contributed by atoms with van der Waals surface area (Å²) >= 11 is 1.36. The summed E-state index contributed by atoms with van der Waals surface area (Å²) < 4.78 is 1.54. The number of aromatic nitrogens is 4. The van der Waals surface area contributed by atoms with E-state index in [9.17, 15) is 0 Å². The van der Waals surface area contributed by atoms with Gasteiger partial charge in [0.2, 0.25) is 0 Å². The van der Waals surface area contributed by atoms with Gasteiger partial charge >= 0.3 is 0 Å². The Morgan fingerprint density at radius 3 is 3.11 bits per heavy atom. The van der Waals surface area contributed by atoms with E-state index in [1.165, 1.54) is 22.8 Å². The Morgan fingerprint density at radius 2 is 2.44 bits per heavy atom. The smallest absolute Gasteiger partial charge is 0.183 e. The summed E-state index contributed by atoms with van der Waals surface area (Å²) in [6.45, 7) is 0. The first-order valence-electron chi connectivity index (χ1n) is 4.94. The van der Waals surface area contributed by atoms with Crippen LogP contribution in [0.3, 0.4) is 0 Å². The molecule has 7 nitrogen and oxygen atoms in total. The second kappa shape index (κ2) is 5.79. The topological polar surface area (TPSA) is 91.8 Å². The van der Waals surface area contributed by atoms with Crippen molar-refractivity contribution in [2.75, 3.05) is 6.26 Å². The van der Waals surface area contributed by atoms with Gasteiger partial charge in [-0.2, -0.15) is 5.26 Å². The van der Waals surface area contributed by atoms with E-state index in [0.717, 1.165) is 11.4 Å². The Labute approximate surface area is 108 Å². The van der Waals surface area contributed by atoms with Gasteiger partial charge in [0.05, 0.1) is 11.4 Å². The van der Waals surface area contributed by atoms with Crippen molar-refractivity contribution in [3.63, 3.8) is 0 Å². The molecule has 1 aromatic heterocycles. The minimum absolute atomic E-state index is 0.534. The van der Waals surface area contributed by atoms with Crippen LogP contribution in [0, 0.1) is 11.5 Å². The maximum Gasteiger partial charge on any atom is 0.183 e. The SMILES string of the molecule is CSC(=Nc1cccc(-n2cnnn2)c1)NC#N. The second-order valence-corrected chi connectivity index (χ2v) is 3.93. The molecule has 0 aliphatic carbocycles. The van der Waals surface area contributed by atoms with Crippen LogP contribution in [0.5, 0.6) is 0 Å². The molecule has 0 radical (unpaired) electrons. The van der Waals surface area contributed by atoms with Gasteiger partial charge in [-0.05, 0) is 34.9 Å². The Morgan fingerprint density at radius 1 is 1.56 bits per heavy atom. The van der Waals surface area contributed by atoms with Crippen LogP contribution in [0.15, 0.2) is 35.6 Å². The molecule has 0 saturated heterocycles. The van der Waals surface area contributed by atoms with Gasteiger partial charge in [0.25, 0.3) is 0 Å². The van der Waals surface area contributed by atoms with Gasteiger partial charge in [0.1, 0.15) is 6.33 Å². The molecule has 0 saturated carbocycles. The van der Waals surface area contributed by atoms with E-state index in [1.807, 2.05) is 36.7 Å². The van der Waals surface area contributed by atoms with Gasteiger partial charge in [-0.1, -0.05) is 17.8 Å². The zero-order valence-corrected chi connectivity index (χ0v) is 10.3. The van der Waals surface area contributed by atoms with Crippen molar-refractivity contribution in [1.29, 1.82) is 5.26 Å². The molecule has 0 atom stereocenters. The highest BCUT2D eigenvalue weighted by atomic mass is 32.2. The highest BCUT2D eigenvalue weighted by molar-refractivity contribution is 8.13. The number of hydrogen-bond acceptors (Lipinski definition) is 6. The molecule has 0 spiro atoms. The third kappa shape index (κ3) is 2.83. The van der Waals surface area contributed by atoms with Crippen molar-refractivity contribution in [3.8, 4) is 11.9 Å². The summed E-state index contributed by atoms with van der Waals surface area (Å²) in [5.41, 5.74) is 1.52. The predicted octanol–water partition coefficient (Wildman–Crippen LogP) is 1.08. The number of aliphatic imine (C=N–C) groups is 1. The average Bonchev–Trinajstić information content (AvgIpc) is 2.92. The van der Waals surface area contributed by atoms with Gasteiger partial charge in [-0.25, -0.2) is 9.67 Å². The molecule has 0 aliphatic heterocycles. The summed E-state index contributed by atoms with van der Waals surface area (Å²) in [5.74, 6) is 0. The van der Waals surface area contributed by atoms with Crippen LogP contribution in [0.25, 0.3) is 5.69 Å². The standard InChI is InChI=1S/C10H9N7S/c1-18-10(12-6-11)14-8-3-2-4-9(5-8)17-7-13-15-16-17/h2-5,7H,1H3,(H,12,14). The lowest BCUT2D eigenvalue weighted by molar-refractivity contribution is 0.789. The fourth-order valence-electron chi connectivity index (χ4n) is 1.27. The molecule has 18 heavy (non-hydrogen) atoms. The molecule has 1 aromatic carbocycles. The van der Waals surface area contributed by atoms with Crippen LogP contribution in [-0.2, 0) is 0 Å². The highest BCUT2D eigenvalue weighted by Crippen LogP contribution is 2.17. The zero-order chi connectivity index (χ0) is 12.8. The maximum absolute atomic E-state index is 8.56. The lowest BCUT2D eigenvalue weighted by Crippen LogP contribution is -2.12. The van der Waals surface area contributed by atoms with Crippen LogP contribution >= 0.6 is 11.8 Å². The van der Waals surface area contributed by atoms with Crippen LogP contribution in [0.1, 0.15) is 0 Å². The predicted molar refractivity (Wildman–Crippen MR) is 68.5 cm³/mol. The quantitative estimate of drug-likeness (QED) is 0.375. The number of tetrazole rings is 1. The van der Waals surface area contributed by atoms with E-state index in [0.29, 0.717) is 5.17 Å². The minimum Gasteiger partial charge on any atom is -0.271 e. The molecular formula is C10H9N7S. The number of nitrogens with one attached hydrogen (secondary N) is 1. The number of amidine groups is 1. The maximum atomic E-state index is 8.56. The van der Waals surface area contributed by atoms with Crippen LogP contribution in [0.4, 0.5) is 5.69 Å². The van der Waals surface area contributed by atoms with E-state index in [1.54, 1.807) is 0 Å². The summed E-state index contributed by atoms with van der Waals surface area (Å²) in [6, 6.07) is 7.38. The van der Waals surface area contributed by atoms with Gasteiger partial charge in [0.15, 0.2) is 11.4 Å². The van der Waals surface area contributed by atoms with E-state index in [4.69, 9.17) is 5.26 Å². The molecule has 2 aromatic rings. The number of thioether (sulfide) groups is 1. The third-order valence-corrected chi connectivity index (χ3v) is 2.61. The molecule has 1 heterocycles. The monoisotopic (exact) mass is 259 g/mol. The van der Waals surface area contributed by atoms with Gasteiger partial charge in [-0.15, -0.1) is 5.10 Å². The number of rotatable bonds is 2. The van der Waals surface area contributed by atoms with Crippen molar-refractivity contribution in [1.82, 2.24) is 25.5 Å². The highest BCUT2D eigenvalue weighted by Gasteiger charge is 2.00. The molecule has 0 unspecified atom stereocenters. The molecule has 90 valence electrons. The number of nitriles is 1. The lowest BCUT2D eigenvalue weighted by Gasteiger charge is -2.02. The lowest BCUT2D eigenvalue weighted by atomic mass is 10.3. The van der Waals surface area contributed by atoms with E-state index < -0.39 is 0 Å². The fourth-order valence-corrected chi connectivity index (χ4v) is 1.62. The minimum atomic E-state index is 0.534. The van der Waals surface area contributed by atoms with Crippen LogP contribution in [-0.4, -0.2) is 31.6 Å². The number of benzene rings is 1. The number of nitrogens with zero attached hydrogens (tertiary/aromatic N) is 6. The average molecular weight is 259 g/mol. The Bertz CT molecular complexity index is 585. The Kier molecular flexibility index (Phi) is 3.88. The van der Waals surface area contributed by atoms with Crippen LogP contribution < -0.4 is 5.32 Å². The fraction of sp³-hybridized carbons (Fsp3) is 0.100. The van der Waals surface area contributed by atoms with Crippen molar-refractivity contribution < 1.29 is 0 Å². The first-order valence-corrected chi connectivity index (χ1v) is 6.17. The van der Waals surface area contributed by atoms with Crippen LogP contribution in [0.2, 0.25) is 0 Å². The van der Waals surface area contributed by atoms with Crippen molar-refractivity contribution in [2.24, 2.45) is 4.99 Å². The van der Waals surface area contributed by atoms with Gasteiger partial charge < -0.3 is 0 Å². The summed E-state index contributed by atoms with van der Waals surface area (Å²) in [6.07, 6.45) is 5.19. The first kappa shape index (κ1) is 12.1. The van der Waals surface area contributed by atoms with Gasteiger partial charge in [-0.3, -0.25) is 5.32 Å². The zero-order valence-electron chi connectivity index (χ0n) is 9.48. The third-order valence-electron chi connectivity index (χ3n) is 2.03. The first-order chi connectivity index (χ1) is 8.83. The van der Waals surface area contributed by atoms with E-state index >= 15 is 0 Å². The second-order valence-electron chi connectivity index (χ2n) is 3.13. The molecule has 1 N–H and O–H groups in total. The van der Waals surface area contributed by atoms with Crippen molar-refractivity contribution in [2.45, 2.75) is 0 Å². The summed E-state index contributed by atoms with van der Waals surface area (Å²) in [4.78, 5) is 4.30. The Balaban J connectivity index is 2.31. The summed E-state index contributed by atoms with van der Waals surface area (Å²) in [7, 11) is 0. The van der Waals surface area contributed by atoms with Crippen molar-refractivity contribution in [3.05, 3.63) is 30.6 Å². The molecule has 0 fully saturated rings. The molecule has 0 aliphatic rings. The molecule has 0 bridgehead atoms. The van der Waals surface area contributed by atoms with Crippen molar-refractivity contribution >= 4 is 22.6 Å². The molecule has 8 heteroatoms. The molecule has 0 amide bonds. The van der Waals surface area contributed by atoms with E-state index in [2.05, 4.69) is 25.8 Å². The molecular weight excluding hydrogens is 250 g/mol. The number of hydrogen-bond donors (Lipinski definition) is 1.